The predicted octanol–water partition coefficient (Wildman–Crippen LogP) is 4.27. The van der Waals surface area contributed by atoms with E-state index in [9.17, 15) is 9.59 Å². The monoisotopic (exact) mass is 395 g/mol. The zero-order valence-corrected chi connectivity index (χ0v) is 16.7. The largest absolute Gasteiger partial charge is 0.324 e. The maximum absolute atomic E-state index is 12.8. The van der Waals surface area contributed by atoms with Gasteiger partial charge in [-0.25, -0.2) is 9.48 Å². The van der Waals surface area contributed by atoms with Gasteiger partial charge in [-0.05, 0) is 37.8 Å². The second kappa shape index (κ2) is 9.11. The lowest BCUT2D eigenvalue weighted by Crippen LogP contribution is -2.43. The number of nitrogens with zero attached hydrogens (tertiary/aromatic N) is 3. The molecule has 2 N–H and O–H groups in total. The van der Waals surface area contributed by atoms with Gasteiger partial charge in [0.15, 0.2) is 0 Å². The van der Waals surface area contributed by atoms with E-state index in [0.29, 0.717) is 32.0 Å². The van der Waals surface area contributed by atoms with E-state index in [1.807, 2.05) is 41.1 Å². The Morgan fingerprint density at radius 1 is 0.897 bits per heavy atom. The number of nitrogens with one attached hydrogen (secondary N) is 2. The zero-order valence-electron chi connectivity index (χ0n) is 16.7. The van der Waals surface area contributed by atoms with Crippen LogP contribution in [0.5, 0.6) is 0 Å². The van der Waals surface area contributed by atoms with Gasteiger partial charge in [0, 0.05) is 30.8 Å². The van der Waals surface area contributed by atoms with Crippen molar-refractivity contribution in [3.63, 3.8) is 0 Å². The highest BCUT2D eigenvalue weighted by atomic mass is 16.2. The molecule has 1 aromatic carbocycles. The molecule has 0 atom stereocenters. The lowest BCUT2D eigenvalue weighted by atomic mass is 9.95. The van der Waals surface area contributed by atoms with E-state index in [0.717, 1.165) is 24.3 Å². The molecular weight excluding hydrogens is 366 g/mol. The van der Waals surface area contributed by atoms with Crippen molar-refractivity contribution in [2.45, 2.75) is 51.0 Å². The normalized spacial score (nSPS) is 18.4. The van der Waals surface area contributed by atoms with Crippen LogP contribution in [-0.4, -0.2) is 39.7 Å². The zero-order chi connectivity index (χ0) is 20.1. The van der Waals surface area contributed by atoms with E-state index in [1.165, 1.54) is 19.3 Å². The van der Waals surface area contributed by atoms with Gasteiger partial charge in [-0.15, -0.1) is 0 Å². The van der Waals surface area contributed by atoms with Crippen LogP contribution in [0.3, 0.4) is 0 Å². The molecule has 1 aliphatic heterocycles. The highest BCUT2D eigenvalue weighted by molar-refractivity contribution is 5.92. The van der Waals surface area contributed by atoms with Crippen molar-refractivity contribution in [3.05, 3.63) is 42.6 Å². The molecule has 0 spiro atoms. The van der Waals surface area contributed by atoms with Crippen LogP contribution in [0.1, 0.15) is 51.0 Å². The summed E-state index contributed by atoms with van der Waals surface area (Å²) in [7, 11) is 0. The molecule has 4 rings (SSSR count). The molecule has 7 nitrogen and oxygen atoms in total. The first-order chi connectivity index (χ1) is 14.2. The lowest BCUT2D eigenvalue weighted by molar-refractivity contribution is -0.121. The minimum absolute atomic E-state index is 0.0330. The minimum atomic E-state index is -0.106. The smallest absolute Gasteiger partial charge is 0.321 e. The van der Waals surface area contributed by atoms with Crippen molar-refractivity contribution in [1.82, 2.24) is 14.7 Å². The second-order valence-electron chi connectivity index (χ2n) is 8.00. The third kappa shape index (κ3) is 4.78. The van der Waals surface area contributed by atoms with Gasteiger partial charge >= 0.3 is 6.03 Å². The Morgan fingerprint density at radius 3 is 2.34 bits per heavy atom. The number of anilines is 2. The molecule has 0 radical (unpaired) electrons. The van der Waals surface area contributed by atoms with E-state index in [2.05, 4.69) is 15.7 Å². The van der Waals surface area contributed by atoms with Gasteiger partial charge in [0.2, 0.25) is 5.91 Å². The van der Waals surface area contributed by atoms with Crippen LogP contribution in [0, 0.1) is 5.92 Å². The standard InChI is InChI=1S/C22H29N5O2/c28-21(25-20-11-14-23-27(20)19-9-5-2-6-10-19)17-12-15-26(16-13-17)22(29)24-18-7-3-1-4-8-18/h1,3-4,7-8,11,14,17,19H,2,5-6,9-10,12-13,15-16H2,(H,24,29)(H,25,28). The molecule has 29 heavy (non-hydrogen) atoms. The highest BCUT2D eigenvalue weighted by Gasteiger charge is 2.28. The average Bonchev–Trinajstić information content (AvgIpc) is 3.23. The Balaban J connectivity index is 1.28. The molecule has 1 aromatic heterocycles. The van der Waals surface area contributed by atoms with Gasteiger partial charge in [-0.3, -0.25) is 4.79 Å². The first-order valence-corrected chi connectivity index (χ1v) is 10.7. The van der Waals surface area contributed by atoms with Crippen LogP contribution in [0.25, 0.3) is 0 Å². The molecule has 2 heterocycles. The number of aromatic nitrogens is 2. The Kier molecular flexibility index (Phi) is 6.12. The number of carbonyl (C=O) groups excluding carboxylic acids is 2. The van der Waals surface area contributed by atoms with E-state index in [-0.39, 0.29) is 17.9 Å². The second-order valence-corrected chi connectivity index (χ2v) is 8.00. The van der Waals surface area contributed by atoms with E-state index >= 15 is 0 Å². The fraction of sp³-hybridized carbons (Fsp3) is 0.500. The Labute approximate surface area is 171 Å². The SMILES string of the molecule is O=C(Nc1ccnn1C1CCCCC1)C1CCN(C(=O)Nc2ccccc2)CC1. The van der Waals surface area contributed by atoms with Crippen molar-refractivity contribution < 1.29 is 9.59 Å². The molecule has 1 aliphatic carbocycles. The average molecular weight is 396 g/mol. The van der Waals surface area contributed by atoms with Crippen molar-refractivity contribution in [2.24, 2.45) is 5.92 Å². The molecule has 1 saturated carbocycles. The summed E-state index contributed by atoms with van der Waals surface area (Å²) in [5.41, 5.74) is 0.786. The summed E-state index contributed by atoms with van der Waals surface area (Å²) in [5, 5.41) is 10.4. The molecular formula is C22H29N5O2. The molecule has 2 fully saturated rings. The van der Waals surface area contributed by atoms with Crippen LogP contribution in [0.4, 0.5) is 16.3 Å². The van der Waals surface area contributed by atoms with E-state index in [1.54, 1.807) is 11.1 Å². The summed E-state index contributed by atoms with van der Waals surface area (Å²) >= 11 is 0. The molecule has 0 unspecified atom stereocenters. The van der Waals surface area contributed by atoms with Crippen LogP contribution in [0.2, 0.25) is 0 Å². The number of benzene rings is 1. The maximum Gasteiger partial charge on any atom is 0.321 e. The van der Waals surface area contributed by atoms with Gasteiger partial charge in [0.25, 0.3) is 0 Å². The van der Waals surface area contributed by atoms with Crippen molar-refractivity contribution in [1.29, 1.82) is 0 Å². The van der Waals surface area contributed by atoms with E-state index in [4.69, 9.17) is 0 Å². The third-order valence-electron chi connectivity index (χ3n) is 6.02. The van der Waals surface area contributed by atoms with Gasteiger partial charge in [0.05, 0.1) is 12.2 Å². The van der Waals surface area contributed by atoms with Crippen molar-refractivity contribution in [3.8, 4) is 0 Å². The van der Waals surface area contributed by atoms with Crippen molar-refractivity contribution in [2.75, 3.05) is 23.7 Å². The maximum atomic E-state index is 12.8. The summed E-state index contributed by atoms with van der Waals surface area (Å²) in [4.78, 5) is 27.0. The number of likely N-dealkylation sites (tertiary alicyclic amines) is 1. The topological polar surface area (TPSA) is 79.3 Å². The highest BCUT2D eigenvalue weighted by Crippen LogP contribution is 2.30. The summed E-state index contributed by atoms with van der Waals surface area (Å²) in [5.74, 6) is 0.752. The molecule has 2 aromatic rings. The van der Waals surface area contributed by atoms with Gasteiger partial charge in [-0.1, -0.05) is 37.5 Å². The van der Waals surface area contributed by atoms with Crippen LogP contribution in [0.15, 0.2) is 42.6 Å². The van der Waals surface area contributed by atoms with Crippen LogP contribution in [-0.2, 0) is 4.79 Å². The summed E-state index contributed by atoms with van der Waals surface area (Å²) in [6.45, 7) is 1.16. The molecule has 154 valence electrons. The van der Waals surface area contributed by atoms with Crippen LogP contribution < -0.4 is 10.6 Å². The number of hydrogen-bond donors (Lipinski definition) is 2. The van der Waals surface area contributed by atoms with Crippen LogP contribution >= 0.6 is 0 Å². The Morgan fingerprint density at radius 2 is 1.62 bits per heavy atom. The Bertz CT molecular complexity index is 821. The van der Waals surface area contributed by atoms with E-state index < -0.39 is 0 Å². The number of hydrogen-bond acceptors (Lipinski definition) is 3. The third-order valence-corrected chi connectivity index (χ3v) is 6.02. The number of urea groups is 1. The van der Waals surface area contributed by atoms with Gasteiger partial charge < -0.3 is 15.5 Å². The number of carbonyl (C=O) groups is 2. The summed E-state index contributed by atoms with van der Waals surface area (Å²) < 4.78 is 1.99. The molecule has 7 heteroatoms. The Hall–Kier alpha value is -2.83. The number of para-hydroxylation sites is 1. The minimum Gasteiger partial charge on any atom is -0.324 e. The fourth-order valence-electron chi connectivity index (χ4n) is 4.33. The number of piperidine rings is 1. The number of amides is 3. The molecule has 2 aliphatic rings. The van der Waals surface area contributed by atoms with Gasteiger partial charge in [0.1, 0.15) is 5.82 Å². The predicted molar refractivity (Wildman–Crippen MR) is 113 cm³/mol. The van der Waals surface area contributed by atoms with Gasteiger partial charge in [-0.2, -0.15) is 5.10 Å². The lowest BCUT2D eigenvalue weighted by Gasteiger charge is -2.31. The molecule has 0 bridgehead atoms. The first-order valence-electron chi connectivity index (χ1n) is 10.7. The molecule has 3 amide bonds. The molecule has 1 saturated heterocycles. The fourth-order valence-corrected chi connectivity index (χ4v) is 4.33. The summed E-state index contributed by atoms with van der Waals surface area (Å²) in [6.07, 6.45) is 9.09. The van der Waals surface area contributed by atoms with Crippen molar-refractivity contribution >= 4 is 23.4 Å². The summed E-state index contributed by atoms with van der Waals surface area (Å²) in [6, 6.07) is 11.6. The quantitative estimate of drug-likeness (QED) is 0.811. The first kappa shape index (κ1) is 19.5. The number of rotatable bonds is 4.